The van der Waals surface area contributed by atoms with E-state index in [1.807, 2.05) is 18.2 Å². The number of thioether (sulfide) groups is 1. The van der Waals surface area contributed by atoms with Crippen LogP contribution < -0.4 is 10.9 Å². The molecule has 0 unspecified atom stereocenters. The normalized spacial score (nSPS) is 13.9. The van der Waals surface area contributed by atoms with E-state index in [0.717, 1.165) is 9.77 Å². The second-order valence-corrected chi connectivity index (χ2v) is 7.72. The quantitative estimate of drug-likeness (QED) is 0.759. The maximum Gasteiger partial charge on any atom is 0.271 e. The van der Waals surface area contributed by atoms with Crippen LogP contribution in [0.15, 0.2) is 39.6 Å². The van der Waals surface area contributed by atoms with Crippen molar-refractivity contribution in [1.82, 2.24) is 9.55 Å². The van der Waals surface area contributed by atoms with Gasteiger partial charge in [0.25, 0.3) is 5.56 Å². The number of nitrogens with one attached hydrogen (secondary N) is 1. The van der Waals surface area contributed by atoms with Crippen LogP contribution in [-0.4, -0.2) is 21.2 Å². The highest BCUT2D eigenvalue weighted by Crippen LogP contribution is 2.42. The first kappa shape index (κ1) is 14.7. The Labute approximate surface area is 144 Å². The van der Waals surface area contributed by atoms with Gasteiger partial charge in [-0.2, -0.15) is 0 Å². The van der Waals surface area contributed by atoms with E-state index in [4.69, 9.17) is 11.6 Å². The second-order valence-electron chi connectivity index (χ2n) is 5.05. The topological polar surface area (TPSA) is 64.0 Å². The largest absolute Gasteiger partial charge is 0.322 e. The number of hydrogen-bond acceptors (Lipinski definition) is 5. The van der Waals surface area contributed by atoms with Crippen molar-refractivity contribution in [2.24, 2.45) is 0 Å². The highest BCUT2D eigenvalue weighted by molar-refractivity contribution is 8.02. The Bertz CT molecular complexity index is 996. The molecule has 23 heavy (non-hydrogen) atoms. The average molecular weight is 364 g/mol. The average Bonchev–Trinajstić information content (AvgIpc) is 2.91. The molecule has 8 heteroatoms. The highest BCUT2D eigenvalue weighted by atomic mass is 35.5. The van der Waals surface area contributed by atoms with Crippen molar-refractivity contribution in [2.75, 3.05) is 11.1 Å². The number of benzene rings is 1. The number of fused-ring (bicyclic) bond motifs is 3. The van der Waals surface area contributed by atoms with Crippen LogP contribution in [0.3, 0.4) is 0 Å². The van der Waals surface area contributed by atoms with Gasteiger partial charge in [0.2, 0.25) is 5.91 Å². The standard InChI is InChI=1S/C15H10ClN3O2S2/c16-9-4-2-1-3-8(9)5-19-7-17-11-12-15(22-6-10(20)18-12)23-13(11)14(19)21/h1-4,7H,5-6H2,(H,18,20). The van der Waals surface area contributed by atoms with Crippen LogP contribution in [-0.2, 0) is 11.3 Å². The van der Waals surface area contributed by atoms with Gasteiger partial charge in [-0.3, -0.25) is 14.2 Å². The van der Waals surface area contributed by atoms with Gasteiger partial charge in [-0.05, 0) is 11.6 Å². The fraction of sp³-hybridized carbons (Fsp3) is 0.133. The zero-order valence-corrected chi connectivity index (χ0v) is 14.1. The summed E-state index contributed by atoms with van der Waals surface area (Å²) in [5.41, 5.74) is 1.96. The number of carbonyl (C=O) groups is 1. The maximum absolute atomic E-state index is 12.7. The van der Waals surface area contributed by atoms with Crippen molar-refractivity contribution < 1.29 is 4.79 Å². The summed E-state index contributed by atoms with van der Waals surface area (Å²) in [4.78, 5) is 28.6. The Hall–Kier alpha value is -1.83. The number of carbonyl (C=O) groups excluding carboxylic acids is 1. The van der Waals surface area contributed by atoms with Gasteiger partial charge in [0.05, 0.1) is 28.5 Å². The highest BCUT2D eigenvalue weighted by Gasteiger charge is 2.23. The molecular weight excluding hydrogens is 354 g/mol. The van der Waals surface area contributed by atoms with Gasteiger partial charge in [0.15, 0.2) is 0 Å². The van der Waals surface area contributed by atoms with Gasteiger partial charge in [0.1, 0.15) is 10.2 Å². The smallest absolute Gasteiger partial charge is 0.271 e. The lowest BCUT2D eigenvalue weighted by Crippen LogP contribution is -2.21. The maximum atomic E-state index is 12.7. The number of aromatic nitrogens is 2. The Kier molecular flexibility index (Phi) is 3.63. The van der Waals surface area contributed by atoms with E-state index < -0.39 is 0 Å². The SMILES string of the molecule is O=C1CSc2sc3c(=O)n(Cc4ccccc4Cl)cnc3c2N1. The first-order valence-corrected chi connectivity index (χ1v) is 8.99. The Balaban J connectivity index is 1.82. The van der Waals surface area contributed by atoms with Crippen molar-refractivity contribution in [1.29, 1.82) is 0 Å². The third-order valence-electron chi connectivity index (χ3n) is 3.53. The fourth-order valence-electron chi connectivity index (χ4n) is 2.42. The minimum Gasteiger partial charge on any atom is -0.322 e. The summed E-state index contributed by atoms with van der Waals surface area (Å²) in [5, 5.41) is 3.43. The predicted octanol–water partition coefficient (Wildman–Crippen LogP) is 3.20. The summed E-state index contributed by atoms with van der Waals surface area (Å²) < 4.78 is 3.02. The molecule has 1 aliphatic rings. The summed E-state index contributed by atoms with van der Waals surface area (Å²) in [7, 11) is 0. The van der Waals surface area contributed by atoms with E-state index in [-0.39, 0.29) is 11.5 Å². The minimum atomic E-state index is -0.121. The molecule has 1 aliphatic heterocycles. The molecule has 1 amide bonds. The van der Waals surface area contributed by atoms with Crippen molar-refractivity contribution in [2.45, 2.75) is 10.8 Å². The van der Waals surface area contributed by atoms with Gasteiger partial charge in [-0.1, -0.05) is 29.8 Å². The lowest BCUT2D eigenvalue weighted by Gasteiger charge is -2.11. The van der Waals surface area contributed by atoms with Crippen LogP contribution in [0.2, 0.25) is 5.02 Å². The fourth-order valence-corrected chi connectivity index (χ4v) is 4.80. The molecule has 1 N–H and O–H groups in total. The number of nitrogens with zero attached hydrogens (tertiary/aromatic N) is 2. The second kappa shape index (κ2) is 5.67. The Morgan fingerprint density at radius 2 is 2.13 bits per heavy atom. The predicted molar refractivity (Wildman–Crippen MR) is 93.8 cm³/mol. The first-order chi connectivity index (χ1) is 11.1. The van der Waals surface area contributed by atoms with E-state index in [9.17, 15) is 9.59 Å². The molecule has 4 rings (SSSR count). The van der Waals surface area contributed by atoms with Crippen LogP contribution in [0.4, 0.5) is 5.69 Å². The van der Waals surface area contributed by atoms with Crippen LogP contribution in [0.25, 0.3) is 10.2 Å². The minimum absolute atomic E-state index is 0.0655. The summed E-state index contributed by atoms with van der Waals surface area (Å²) in [6.45, 7) is 0.365. The van der Waals surface area contributed by atoms with Crippen LogP contribution in [0.5, 0.6) is 0 Å². The summed E-state index contributed by atoms with van der Waals surface area (Å²) >= 11 is 8.98. The van der Waals surface area contributed by atoms with Crippen LogP contribution in [0, 0.1) is 0 Å². The molecule has 3 aromatic rings. The zero-order chi connectivity index (χ0) is 16.0. The lowest BCUT2D eigenvalue weighted by molar-refractivity contribution is -0.113. The third kappa shape index (κ3) is 2.54. The summed E-state index contributed by atoms with van der Waals surface area (Å²) in [5.74, 6) is 0.303. The van der Waals surface area contributed by atoms with Gasteiger partial charge in [-0.25, -0.2) is 4.98 Å². The van der Waals surface area contributed by atoms with E-state index in [2.05, 4.69) is 10.3 Å². The van der Waals surface area contributed by atoms with Gasteiger partial charge >= 0.3 is 0 Å². The first-order valence-electron chi connectivity index (χ1n) is 6.81. The molecule has 0 radical (unpaired) electrons. The molecular formula is C15H10ClN3O2S2. The van der Waals surface area contributed by atoms with Crippen molar-refractivity contribution in [3.8, 4) is 0 Å². The number of halogens is 1. The number of hydrogen-bond donors (Lipinski definition) is 1. The molecule has 3 heterocycles. The van der Waals surface area contributed by atoms with E-state index in [0.29, 0.717) is 33.2 Å². The molecule has 0 spiro atoms. The molecule has 2 aromatic heterocycles. The molecule has 0 saturated heterocycles. The van der Waals surface area contributed by atoms with Crippen molar-refractivity contribution in [3.05, 3.63) is 51.5 Å². The monoisotopic (exact) mass is 363 g/mol. The van der Waals surface area contributed by atoms with Gasteiger partial charge in [0, 0.05) is 5.02 Å². The molecule has 0 saturated carbocycles. The van der Waals surface area contributed by atoms with Gasteiger partial charge in [-0.15, -0.1) is 23.1 Å². The third-order valence-corrected chi connectivity index (χ3v) is 6.34. The molecule has 0 atom stereocenters. The molecule has 5 nitrogen and oxygen atoms in total. The van der Waals surface area contributed by atoms with E-state index in [1.165, 1.54) is 34.0 Å². The summed E-state index contributed by atoms with van der Waals surface area (Å²) in [6.07, 6.45) is 1.51. The number of anilines is 1. The molecule has 116 valence electrons. The molecule has 0 fully saturated rings. The number of thiophene rings is 1. The zero-order valence-electron chi connectivity index (χ0n) is 11.7. The van der Waals surface area contributed by atoms with E-state index >= 15 is 0 Å². The summed E-state index contributed by atoms with van der Waals surface area (Å²) in [6, 6.07) is 7.41. The van der Waals surface area contributed by atoms with Crippen LogP contribution >= 0.6 is 34.7 Å². The molecule has 0 bridgehead atoms. The van der Waals surface area contributed by atoms with Crippen molar-refractivity contribution in [3.63, 3.8) is 0 Å². The Morgan fingerprint density at radius 1 is 1.30 bits per heavy atom. The molecule has 0 aliphatic carbocycles. The number of rotatable bonds is 2. The van der Waals surface area contributed by atoms with E-state index in [1.54, 1.807) is 6.07 Å². The van der Waals surface area contributed by atoms with Crippen molar-refractivity contribution >= 4 is 56.5 Å². The molecule has 1 aromatic carbocycles. The van der Waals surface area contributed by atoms with Gasteiger partial charge < -0.3 is 5.32 Å². The lowest BCUT2D eigenvalue weighted by atomic mass is 10.2. The Morgan fingerprint density at radius 3 is 2.96 bits per heavy atom. The van der Waals surface area contributed by atoms with Crippen LogP contribution in [0.1, 0.15) is 5.56 Å². The number of amides is 1.